The number of carbonyl (C=O) groups is 1. The number of hydrogen-bond donors (Lipinski definition) is 1. The molecule has 1 N–H and O–H groups in total. The maximum Gasteiger partial charge on any atom is 0.238 e. The molecule has 1 amide bonds. The fourth-order valence-electron chi connectivity index (χ4n) is 1.27. The van der Waals surface area contributed by atoms with Gasteiger partial charge in [-0.05, 0) is 19.1 Å². The van der Waals surface area contributed by atoms with Crippen LogP contribution in [-0.2, 0) is 11.8 Å². The Labute approximate surface area is 119 Å². The fraction of sp³-hybridized carbons (Fsp3) is 0.273. The molecule has 0 spiro atoms. The largest absolute Gasteiger partial charge is 0.312 e. The van der Waals surface area contributed by atoms with Crippen molar-refractivity contribution in [1.82, 2.24) is 19.7 Å². The van der Waals surface area contributed by atoms with Gasteiger partial charge in [-0.2, -0.15) is 0 Å². The SMILES string of the molecule is C[C@H](Sc1nncn1C)C(=O)Nc1ccc(Cl)cn1. The predicted octanol–water partition coefficient (Wildman–Crippen LogP) is 1.98. The van der Waals surface area contributed by atoms with Crippen LogP contribution in [0.2, 0.25) is 5.02 Å². The highest BCUT2D eigenvalue weighted by Gasteiger charge is 2.17. The highest BCUT2D eigenvalue weighted by atomic mass is 35.5. The highest BCUT2D eigenvalue weighted by Crippen LogP contribution is 2.21. The summed E-state index contributed by atoms with van der Waals surface area (Å²) < 4.78 is 1.76. The minimum Gasteiger partial charge on any atom is -0.312 e. The number of aromatic nitrogens is 4. The Morgan fingerprint density at radius 1 is 1.53 bits per heavy atom. The van der Waals surface area contributed by atoms with Crippen LogP contribution in [0.25, 0.3) is 0 Å². The zero-order chi connectivity index (χ0) is 13.8. The first-order valence-electron chi connectivity index (χ1n) is 5.49. The van der Waals surface area contributed by atoms with Gasteiger partial charge in [0, 0.05) is 13.2 Å². The Balaban J connectivity index is 1.96. The van der Waals surface area contributed by atoms with Crippen molar-refractivity contribution in [1.29, 1.82) is 0 Å². The molecule has 2 rings (SSSR count). The van der Waals surface area contributed by atoms with E-state index in [0.717, 1.165) is 0 Å². The molecule has 6 nitrogen and oxygen atoms in total. The average molecular weight is 298 g/mol. The zero-order valence-corrected chi connectivity index (χ0v) is 11.9. The number of nitrogens with zero attached hydrogens (tertiary/aromatic N) is 4. The number of nitrogens with one attached hydrogen (secondary N) is 1. The second kappa shape index (κ2) is 6.03. The molecular weight excluding hydrogens is 286 g/mol. The minimum atomic E-state index is -0.305. The van der Waals surface area contributed by atoms with Gasteiger partial charge >= 0.3 is 0 Å². The standard InChI is InChI=1S/C11H12ClN5OS/c1-7(19-11-16-14-6-17(11)2)10(18)15-9-4-3-8(12)5-13-9/h3-7H,1-2H3,(H,13,15,18)/t7-/m0/s1. The lowest BCUT2D eigenvalue weighted by atomic mass is 10.4. The monoisotopic (exact) mass is 297 g/mol. The highest BCUT2D eigenvalue weighted by molar-refractivity contribution is 8.00. The van der Waals surface area contributed by atoms with Crippen LogP contribution in [0.5, 0.6) is 0 Å². The molecule has 0 aliphatic heterocycles. The minimum absolute atomic E-state index is 0.150. The van der Waals surface area contributed by atoms with Crippen molar-refractivity contribution in [3.05, 3.63) is 29.7 Å². The van der Waals surface area contributed by atoms with Gasteiger partial charge < -0.3 is 9.88 Å². The van der Waals surface area contributed by atoms with E-state index in [2.05, 4.69) is 20.5 Å². The first-order valence-corrected chi connectivity index (χ1v) is 6.75. The van der Waals surface area contributed by atoms with Crippen molar-refractivity contribution in [2.45, 2.75) is 17.3 Å². The van der Waals surface area contributed by atoms with Gasteiger partial charge in [-0.15, -0.1) is 10.2 Å². The van der Waals surface area contributed by atoms with Crippen molar-refractivity contribution in [3.63, 3.8) is 0 Å². The fourth-order valence-corrected chi connectivity index (χ4v) is 2.17. The van der Waals surface area contributed by atoms with E-state index in [9.17, 15) is 4.79 Å². The molecule has 0 unspecified atom stereocenters. The van der Waals surface area contributed by atoms with Gasteiger partial charge in [-0.3, -0.25) is 4.79 Å². The second-order valence-electron chi connectivity index (χ2n) is 3.84. The molecule has 1 atom stereocenters. The van der Waals surface area contributed by atoms with E-state index in [-0.39, 0.29) is 11.2 Å². The van der Waals surface area contributed by atoms with Crippen molar-refractivity contribution in [2.75, 3.05) is 5.32 Å². The molecule has 0 saturated heterocycles. The Hall–Kier alpha value is -1.60. The van der Waals surface area contributed by atoms with Crippen LogP contribution in [0.15, 0.2) is 29.8 Å². The van der Waals surface area contributed by atoms with Crippen molar-refractivity contribution < 1.29 is 4.79 Å². The van der Waals surface area contributed by atoms with Crippen LogP contribution in [-0.4, -0.2) is 30.9 Å². The van der Waals surface area contributed by atoms with Crippen molar-refractivity contribution in [3.8, 4) is 0 Å². The number of halogens is 1. The van der Waals surface area contributed by atoms with E-state index in [1.165, 1.54) is 18.0 Å². The van der Waals surface area contributed by atoms with Gasteiger partial charge in [0.1, 0.15) is 12.1 Å². The van der Waals surface area contributed by atoms with E-state index in [1.807, 2.05) is 7.05 Å². The molecule has 2 heterocycles. The van der Waals surface area contributed by atoms with Gasteiger partial charge in [0.25, 0.3) is 0 Å². The molecule has 2 aromatic heterocycles. The van der Waals surface area contributed by atoms with E-state index < -0.39 is 0 Å². The number of amides is 1. The number of carbonyl (C=O) groups excluding carboxylic acids is 1. The first kappa shape index (κ1) is 13.8. The molecule has 0 aliphatic rings. The lowest BCUT2D eigenvalue weighted by molar-refractivity contribution is -0.115. The van der Waals surface area contributed by atoms with Gasteiger partial charge in [0.2, 0.25) is 5.91 Å². The van der Waals surface area contributed by atoms with Crippen LogP contribution in [0, 0.1) is 0 Å². The number of thioether (sulfide) groups is 1. The third-order valence-corrected chi connectivity index (χ3v) is 3.67. The Morgan fingerprint density at radius 2 is 2.32 bits per heavy atom. The molecule has 0 aliphatic carbocycles. The summed E-state index contributed by atoms with van der Waals surface area (Å²) in [5.41, 5.74) is 0. The molecule has 100 valence electrons. The maximum absolute atomic E-state index is 12.0. The van der Waals surface area contributed by atoms with Gasteiger partial charge in [0.05, 0.1) is 10.3 Å². The summed E-state index contributed by atoms with van der Waals surface area (Å²) in [6.45, 7) is 1.80. The summed E-state index contributed by atoms with van der Waals surface area (Å²) in [6.07, 6.45) is 3.07. The van der Waals surface area contributed by atoms with Crippen molar-refractivity contribution in [2.24, 2.45) is 7.05 Å². The van der Waals surface area contributed by atoms with Crippen LogP contribution >= 0.6 is 23.4 Å². The first-order chi connectivity index (χ1) is 9.06. The van der Waals surface area contributed by atoms with E-state index in [4.69, 9.17) is 11.6 Å². The zero-order valence-electron chi connectivity index (χ0n) is 10.4. The van der Waals surface area contributed by atoms with E-state index in [1.54, 1.807) is 30.0 Å². The number of pyridine rings is 1. The Morgan fingerprint density at radius 3 is 2.89 bits per heavy atom. The van der Waals surface area contributed by atoms with Gasteiger partial charge in [-0.25, -0.2) is 4.98 Å². The molecule has 19 heavy (non-hydrogen) atoms. The smallest absolute Gasteiger partial charge is 0.238 e. The molecular formula is C11H12ClN5OS. The maximum atomic E-state index is 12.0. The van der Waals surface area contributed by atoms with E-state index >= 15 is 0 Å². The predicted molar refractivity (Wildman–Crippen MR) is 74.2 cm³/mol. The quantitative estimate of drug-likeness (QED) is 0.874. The van der Waals surface area contributed by atoms with Gasteiger partial charge in [-0.1, -0.05) is 23.4 Å². The summed E-state index contributed by atoms with van der Waals surface area (Å²) in [4.78, 5) is 16.0. The van der Waals surface area contributed by atoms with Crippen LogP contribution < -0.4 is 5.32 Å². The topological polar surface area (TPSA) is 72.7 Å². The summed E-state index contributed by atoms with van der Waals surface area (Å²) in [5.74, 6) is 0.322. The molecule has 0 aromatic carbocycles. The lowest BCUT2D eigenvalue weighted by Gasteiger charge is -2.10. The molecule has 0 bridgehead atoms. The lowest BCUT2D eigenvalue weighted by Crippen LogP contribution is -2.23. The molecule has 0 saturated carbocycles. The summed E-state index contributed by atoms with van der Waals surface area (Å²) in [6, 6.07) is 3.32. The third kappa shape index (κ3) is 3.68. The summed E-state index contributed by atoms with van der Waals surface area (Å²) in [7, 11) is 1.83. The normalized spacial score (nSPS) is 12.2. The van der Waals surface area contributed by atoms with Gasteiger partial charge in [0.15, 0.2) is 5.16 Å². The average Bonchev–Trinajstić information content (AvgIpc) is 2.78. The van der Waals surface area contributed by atoms with Crippen LogP contribution in [0.1, 0.15) is 6.92 Å². The molecule has 2 aromatic rings. The van der Waals surface area contributed by atoms with Crippen LogP contribution in [0.3, 0.4) is 0 Å². The number of aryl methyl sites for hydroxylation is 1. The summed E-state index contributed by atoms with van der Waals surface area (Å²) in [5, 5.41) is 11.3. The molecule has 8 heteroatoms. The number of anilines is 1. The molecule has 0 radical (unpaired) electrons. The van der Waals surface area contributed by atoms with E-state index in [0.29, 0.717) is 16.0 Å². The Kier molecular flexibility index (Phi) is 4.39. The van der Waals surface area contributed by atoms with Crippen LogP contribution in [0.4, 0.5) is 5.82 Å². The molecule has 0 fully saturated rings. The second-order valence-corrected chi connectivity index (χ2v) is 5.58. The number of hydrogen-bond acceptors (Lipinski definition) is 5. The summed E-state index contributed by atoms with van der Waals surface area (Å²) >= 11 is 7.06. The Bertz CT molecular complexity index is 571. The number of rotatable bonds is 4. The van der Waals surface area contributed by atoms with Crippen molar-refractivity contribution >= 4 is 35.1 Å². The third-order valence-electron chi connectivity index (χ3n) is 2.30.